The highest BCUT2D eigenvalue weighted by Gasteiger charge is 2.36. The molecular weight excluding hydrogens is 288 g/mol. The maximum atomic E-state index is 12.3. The molecule has 0 saturated heterocycles. The zero-order valence-electron chi connectivity index (χ0n) is 11.2. The van der Waals surface area contributed by atoms with E-state index in [1.807, 2.05) is 12.1 Å². The van der Waals surface area contributed by atoms with Crippen LogP contribution in [0, 0.1) is 0 Å². The summed E-state index contributed by atoms with van der Waals surface area (Å²) in [6, 6.07) is 12.3. The number of carbonyl (C=O) groups excluding carboxylic acids is 2. The van der Waals surface area contributed by atoms with E-state index in [2.05, 4.69) is 0 Å². The van der Waals surface area contributed by atoms with E-state index < -0.39 is 0 Å². The average molecular weight is 301 g/mol. The minimum absolute atomic E-state index is 0.281. The molecule has 0 atom stereocenters. The van der Waals surface area contributed by atoms with Gasteiger partial charge in [0.1, 0.15) is 0 Å². The van der Waals surface area contributed by atoms with Crippen molar-refractivity contribution in [2.24, 2.45) is 0 Å². The van der Waals surface area contributed by atoms with Crippen molar-refractivity contribution in [3.8, 4) is 0 Å². The molecule has 1 aliphatic heterocycles. The molecule has 2 aromatic rings. The van der Waals surface area contributed by atoms with Gasteiger partial charge in [0.05, 0.1) is 11.1 Å². The zero-order valence-corrected chi connectivity index (χ0v) is 11.9. The topological polar surface area (TPSA) is 63.4 Å². The molecule has 0 radical (unpaired) electrons. The molecule has 21 heavy (non-hydrogen) atoms. The number of amides is 2. The average Bonchev–Trinajstić information content (AvgIpc) is 2.72. The molecule has 3 rings (SSSR count). The smallest absolute Gasteiger partial charge is 0.263 e. The van der Waals surface area contributed by atoms with E-state index >= 15 is 0 Å². The van der Waals surface area contributed by atoms with Crippen LogP contribution in [-0.4, -0.2) is 23.3 Å². The molecule has 2 amide bonds. The Morgan fingerprint density at radius 1 is 1.00 bits per heavy atom. The van der Waals surface area contributed by atoms with E-state index in [1.54, 1.807) is 30.3 Å². The Morgan fingerprint density at radius 2 is 1.71 bits per heavy atom. The van der Waals surface area contributed by atoms with Crippen LogP contribution >= 0.6 is 11.6 Å². The van der Waals surface area contributed by atoms with Crippen LogP contribution < -0.4 is 5.73 Å². The number of hydrogen-bond donors (Lipinski definition) is 1. The van der Waals surface area contributed by atoms with E-state index in [0.717, 1.165) is 5.56 Å². The lowest BCUT2D eigenvalue weighted by atomic mass is 10.1. The second-order valence-electron chi connectivity index (χ2n) is 4.91. The van der Waals surface area contributed by atoms with E-state index in [9.17, 15) is 9.59 Å². The third-order valence-electron chi connectivity index (χ3n) is 3.57. The number of nitrogen functional groups attached to an aromatic ring is 1. The van der Waals surface area contributed by atoms with Gasteiger partial charge in [-0.2, -0.15) is 0 Å². The summed E-state index contributed by atoms with van der Waals surface area (Å²) in [6.45, 7) is 0.327. The summed E-state index contributed by atoms with van der Waals surface area (Å²) in [5.74, 6) is -0.599. The quantitative estimate of drug-likeness (QED) is 0.700. The minimum Gasteiger partial charge on any atom is -0.398 e. The van der Waals surface area contributed by atoms with Gasteiger partial charge in [0.25, 0.3) is 11.8 Å². The van der Waals surface area contributed by atoms with Crippen LogP contribution in [0.1, 0.15) is 26.3 Å². The van der Waals surface area contributed by atoms with Crippen molar-refractivity contribution in [3.63, 3.8) is 0 Å². The first-order valence-electron chi connectivity index (χ1n) is 6.57. The summed E-state index contributed by atoms with van der Waals surface area (Å²) in [5, 5.41) is 0.659. The van der Waals surface area contributed by atoms with Gasteiger partial charge in [-0.1, -0.05) is 29.8 Å². The Morgan fingerprint density at radius 3 is 2.38 bits per heavy atom. The Bertz CT molecular complexity index is 726. The second-order valence-corrected chi connectivity index (χ2v) is 5.34. The number of fused-ring (bicyclic) bond motifs is 1. The maximum absolute atomic E-state index is 12.3. The first kappa shape index (κ1) is 13.6. The fraction of sp³-hybridized carbons (Fsp3) is 0.125. The lowest BCUT2D eigenvalue weighted by Gasteiger charge is -2.13. The monoisotopic (exact) mass is 300 g/mol. The summed E-state index contributed by atoms with van der Waals surface area (Å²) in [5.41, 5.74) is 7.86. The Labute approximate surface area is 127 Å². The van der Waals surface area contributed by atoms with Crippen LogP contribution in [0.3, 0.4) is 0 Å². The number of rotatable bonds is 3. The van der Waals surface area contributed by atoms with Crippen LogP contribution in [0.5, 0.6) is 0 Å². The minimum atomic E-state index is -0.318. The molecule has 106 valence electrons. The van der Waals surface area contributed by atoms with Gasteiger partial charge in [0.2, 0.25) is 0 Å². The number of halogens is 1. The summed E-state index contributed by atoms with van der Waals surface area (Å²) in [7, 11) is 0. The third kappa shape index (κ3) is 2.38. The van der Waals surface area contributed by atoms with E-state index in [4.69, 9.17) is 17.3 Å². The van der Waals surface area contributed by atoms with Gasteiger partial charge < -0.3 is 5.73 Å². The molecule has 2 N–H and O–H groups in total. The molecule has 0 saturated carbocycles. The van der Waals surface area contributed by atoms with E-state index in [0.29, 0.717) is 34.8 Å². The SMILES string of the molecule is Nc1cccc2c1C(=O)N(CCc1ccc(Cl)cc1)C2=O. The summed E-state index contributed by atoms with van der Waals surface area (Å²) < 4.78 is 0. The number of benzene rings is 2. The van der Waals surface area contributed by atoms with Crippen molar-refractivity contribution in [2.75, 3.05) is 12.3 Å². The van der Waals surface area contributed by atoms with E-state index in [1.165, 1.54) is 4.90 Å². The van der Waals surface area contributed by atoms with Crippen LogP contribution in [-0.2, 0) is 6.42 Å². The van der Waals surface area contributed by atoms with Crippen molar-refractivity contribution >= 4 is 29.1 Å². The van der Waals surface area contributed by atoms with Crippen LogP contribution in [0.4, 0.5) is 5.69 Å². The normalized spacial score (nSPS) is 13.7. The Balaban J connectivity index is 1.79. The number of anilines is 1. The molecule has 0 aliphatic carbocycles. The van der Waals surface area contributed by atoms with Gasteiger partial charge in [-0.25, -0.2) is 0 Å². The van der Waals surface area contributed by atoms with Crippen molar-refractivity contribution in [2.45, 2.75) is 6.42 Å². The first-order chi connectivity index (χ1) is 10.1. The van der Waals surface area contributed by atoms with Crippen LogP contribution in [0.15, 0.2) is 42.5 Å². The molecule has 2 aromatic carbocycles. The molecule has 0 spiro atoms. The van der Waals surface area contributed by atoms with Crippen molar-refractivity contribution in [1.82, 2.24) is 4.90 Å². The van der Waals surface area contributed by atoms with Crippen molar-refractivity contribution < 1.29 is 9.59 Å². The number of nitrogens with zero attached hydrogens (tertiary/aromatic N) is 1. The summed E-state index contributed by atoms with van der Waals surface area (Å²) >= 11 is 5.83. The first-order valence-corrected chi connectivity index (χ1v) is 6.95. The highest BCUT2D eigenvalue weighted by molar-refractivity contribution is 6.30. The number of hydrogen-bond acceptors (Lipinski definition) is 3. The molecule has 0 unspecified atom stereocenters. The van der Waals surface area contributed by atoms with Gasteiger partial charge in [-0.15, -0.1) is 0 Å². The second kappa shape index (κ2) is 5.22. The highest BCUT2D eigenvalue weighted by atomic mass is 35.5. The predicted octanol–water partition coefficient (Wildman–Crippen LogP) is 2.76. The number of carbonyl (C=O) groups is 2. The third-order valence-corrected chi connectivity index (χ3v) is 3.82. The molecule has 1 aliphatic rings. The number of nitrogens with two attached hydrogens (primary N) is 1. The lowest BCUT2D eigenvalue weighted by Crippen LogP contribution is -2.31. The summed E-state index contributed by atoms with van der Waals surface area (Å²) in [4.78, 5) is 25.8. The standard InChI is InChI=1S/C16H13ClN2O2/c17-11-6-4-10(5-7-11)8-9-19-15(20)12-2-1-3-13(18)14(12)16(19)21/h1-7H,8-9,18H2. The molecular formula is C16H13ClN2O2. The molecule has 1 heterocycles. The van der Waals surface area contributed by atoms with Gasteiger partial charge in [0.15, 0.2) is 0 Å². The molecule has 0 bridgehead atoms. The fourth-order valence-electron chi connectivity index (χ4n) is 2.45. The maximum Gasteiger partial charge on any atom is 0.263 e. The zero-order chi connectivity index (χ0) is 15.0. The van der Waals surface area contributed by atoms with E-state index in [-0.39, 0.29) is 11.8 Å². The lowest BCUT2D eigenvalue weighted by molar-refractivity contribution is 0.0656. The Hall–Kier alpha value is -2.33. The molecule has 0 aromatic heterocycles. The number of imide groups is 1. The fourth-order valence-corrected chi connectivity index (χ4v) is 2.58. The molecule has 5 heteroatoms. The molecule has 4 nitrogen and oxygen atoms in total. The van der Waals surface area contributed by atoms with Crippen molar-refractivity contribution in [1.29, 1.82) is 0 Å². The highest BCUT2D eigenvalue weighted by Crippen LogP contribution is 2.27. The van der Waals surface area contributed by atoms with Gasteiger partial charge in [0, 0.05) is 17.3 Å². The van der Waals surface area contributed by atoms with Gasteiger partial charge >= 0.3 is 0 Å². The van der Waals surface area contributed by atoms with Crippen molar-refractivity contribution in [3.05, 3.63) is 64.2 Å². The van der Waals surface area contributed by atoms with Crippen LogP contribution in [0.25, 0.3) is 0 Å². The van der Waals surface area contributed by atoms with Gasteiger partial charge in [-0.3, -0.25) is 14.5 Å². The Kier molecular flexibility index (Phi) is 3.39. The largest absolute Gasteiger partial charge is 0.398 e. The van der Waals surface area contributed by atoms with Gasteiger partial charge in [-0.05, 0) is 36.2 Å². The van der Waals surface area contributed by atoms with Crippen LogP contribution in [0.2, 0.25) is 5.02 Å². The summed E-state index contributed by atoms with van der Waals surface area (Å²) in [6.07, 6.45) is 0.586. The molecule has 0 fully saturated rings. The predicted molar refractivity (Wildman–Crippen MR) is 81.4 cm³/mol.